The molecule has 2 aliphatic heterocycles. The average Bonchev–Trinajstić information content (AvgIpc) is 3.55. The van der Waals surface area contributed by atoms with Crippen molar-refractivity contribution in [2.45, 2.75) is 38.3 Å². The number of nitrogens with zero attached hydrogens (tertiary/aromatic N) is 1. The Hall–Kier alpha value is -3.56. The summed E-state index contributed by atoms with van der Waals surface area (Å²) in [6, 6.07) is 5.53. The van der Waals surface area contributed by atoms with Crippen molar-refractivity contribution < 1.29 is 28.7 Å². The number of carbonyl (C=O) groups excluding carboxylic acids is 4. The molecule has 1 aromatic carbocycles. The van der Waals surface area contributed by atoms with Gasteiger partial charge in [0.05, 0.1) is 14.2 Å². The van der Waals surface area contributed by atoms with Gasteiger partial charge in [-0.2, -0.15) is 0 Å². The zero-order chi connectivity index (χ0) is 24.4. The number of ether oxygens (including phenoxy) is 2. The van der Waals surface area contributed by atoms with E-state index in [1.165, 1.54) is 12.0 Å². The fourth-order valence-electron chi connectivity index (χ4n) is 4.87. The number of carbonyl (C=O) groups is 4. The van der Waals surface area contributed by atoms with Gasteiger partial charge >= 0.3 is 5.97 Å². The summed E-state index contributed by atoms with van der Waals surface area (Å²) in [7, 11) is 2.81. The normalized spacial score (nSPS) is 23.0. The largest absolute Gasteiger partial charge is 0.496 e. The molecule has 0 radical (unpaired) electrons. The molecule has 10 heteroatoms. The van der Waals surface area contributed by atoms with Crippen LogP contribution in [0.1, 0.15) is 36.7 Å². The minimum Gasteiger partial charge on any atom is -0.496 e. The number of nitrogens with one attached hydrogen (secondary N) is 3. The lowest BCUT2D eigenvalue weighted by Gasteiger charge is -2.26. The summed E-state index contributed by atoms with van der Waals surface area (Å²) >= 11 is 0. The molecule has 2 aromatic rings. The molecule has 4 rings (SSSR count). The third kappa shape index (κ3) is 4.57. The molecule has 2 saturated heterocycles. The van der Waals surface area contributed by atoms with Crippen molar-refractivity contribution in [3.63, 3.8) is 0 Å². The van der Waals surface area contributed by atoms with Crippen LogP contribution in [-0.4, -0.2) is 73.0 Å². The summed E-state index contributed by atoms with van der Waals surface area (Å²) in [5.74, 6) is -1.09. The maximum atomic E-state index is 13.4. The van der Waals surface area contributed by atoms with Gasteiger partial charge in [0.15, 0.2) is 0 Å². The first-order valence-corrected chi connectivity index (χ1v) is 11.4. The molecule has 3 N–H and O–H groups in total. The van der Waals surface area contributed by atoms with Crippen molar-refractivity contribution in [1.82, 2.24) is 20.5 Å². The summed E-state index contributed by atoms with van der Waals surface area (Å²) in [6.45, 7) is 2.93. The number of aromatic nitrogens is 1. The molecular weight excluding hydrogens is 440 g/mol. The van der Waals surface area contributed by atoms with Crippen LogP contribution in [0.2, 0.25) is 0 Å². The number of fused-ring (bicyclic) bond motifs is 1. The molecule has 0 bridgehead atoms. The Kier molecular flexibility index (Phi) is 6.76. The van der Waals surface area contributed by atoms with Crippen LogP contribution in [0.5, 0.6) is 5.75 Å². The second-order valence-corrected chi connectivity index (χ2v) is 9.02. The number of H-pyrrole nitrogens is 1. The third-order valence-corrected chi connectivity index (χ3v) is 6.63. The summed E-state index contributed by atoms with van der Waals surface area (Å²) in [5.41, 5.74) is 1.12. The van der Waals surface area contributed by atoms with Crippen LogP contribution < -0.4 is 15.4 Å². The van der Waals surface area contributed by atoms with E-state index in [4.69, 9.17) is 9.47 Å². The number of hydrogen-bond donors (Lipinski definition) is 3. The highest BCUT2D eigenvalue weighted by Gasteiger charge is 2.41. The van der Waals surface area contributed by atoms with Crippen LogP contribution in [0.15, 0.2) is 24.3 Å². The maximum Gasteiger partial charge on any atom is 0.328 e. The maximum absolute atomic E-state index is 13.4. The summed E-state index contributed by atoms with van der Waals surface area (Å²) in [5, 5.41) is 6.26. The second-order valence-electron chi connectivity index (χ2n) is 9.02. The number of amides is 3. The Balaban J connectivity index is 1.52. The number of hydrogen-bond acceptors (Lipinski definition) is 6. The van der Waals surface area contributed by atoms with E-state index in [-0.39, 0.29) is 30.1 Å². The Morgan fingerprint density at radius 3 is 2.74 bits per heavy atom. The van der Waals surface area contributed by atoms with Gasteiger partial charge in [0, 0.05) is 29.9 Å². The Morgan fingerprint density at radius 1 is 1.26 bits per heavy atom. The molecule has 2 fully saturated rings. The Labute approximate surface area is 197 Å². The summed E-state index contributed by atoms with van der Waals surface area (Å²) in [4.78, 5) is 55.6. The molecule has 3 amide bonds. The van der Waals surface area contributed by atoms with Crippen molar-refractivity contribution >= 4 is 34.6 Å². The lowest BCUT2D eigenvalue weighted by molar-refractivity contribution is -0.146. The van der Waals surface area contributed by atoms with Gasteiger partial charge in [0.25, 0.3) is 5.91 Å². The zero-order valence-corrected chi connectivity index (χ0v) is 19.6. The highest BCUT2D eigenvalue weighted by molar-refractivity contribution is 6.02. The van der Waals surface area contributed by atoms with E-state index < -0.39 is 24.0 Å². The molecule has 0 spiro atoms. The zero-order valence-electron chi connectivity index (χ0n) is 19.6. The average molecular weight is 471 g/mol. The van der Waals surface area contributed by atoms with Crippen LogP contribution in [0.4, 0.5) is 0 Å². The van der Waals surface area contributed by atoms with E-state index in [0.717, 1.165) is 10.9 Å². The fraction of sp³-hybridized carbons (Fsp3) is 0.500. The predicted octanol–water partition coefficient (Wildman–Crippen LogP) is 1.21. The van der Waals surface area contributed by atoms with Crippen LogP contribution >= 0.6 is 0 Å². The molecule has 34 heavy (non-hydrogen) atoms. The smallest absolute Gasteiger partial charge is 0.328 e. The standard InChI is InChI=1S/C24H30N4O6/c1-13-9-19(22(30)27-18(24(32)34-3)10-14-7-8-25-21(14)29)28(12-13)23(31)17-11-15-16(26-17)5-4-6-20(15)33-2/h4-6,11,13-14,18-19,26H,7-10,12H2,1-3H3,(H,25,29)(H,27,30)/t13-,14+,18+,19+/m1/s1. The van der Waals surface area contributed by atoms with Crippen LogP contribution in [0.3, 0.4) is 0 Å². The number of esters is 1. The van der Waals surface area contributed by atoms with E-state index >= 15 is 0 Å². The van der Waals surface area contributed by atoms with Gasteiger partial charge in [-0.15, -0.1) is 0 Å². The fourth-order valence-corrected chi connectivity index (χ4v) is 4.87. The number of rotatable bonds is 7. The third-order valence-electron chi connectivity index (χ3n) is 6.63. The number of methoxy groups -OCH3 is 2. The van der Waals surface area contributed by atoms with Gasteiger partial charge < -0.3 is 30.0 Å². The predicted molar refractivity (Wildman–Crippen MR) is 123 cm³/mol. The molecule has 0 aliphatic carbocycles. The van der Waals surface area contributed by atoms with Crippen LogP contribution in [0.25, 0.3) is 10.9 Å². The number of aromatic amines is 1. The van der Waals surface area contributed by atoms with Crippen LogP contribution in [-0.2, 0) is 19.1 Å². The molecule has 0 unspecified atom stereocenters. The highest BCUT2D eigenvalue weighted by Crippen LogP contribution is 2.29. The molecule has 0 saturated carbocycles. The van der Waals surface area contributed by atoms with E-state index in [1.54, 1.807) is 13.2 Å². The van der Waals surface area contributed by atoms with Crippen molar-refractivity contribution in [2.24, 2.45) is 11.8 Å². The molecule has 3 heterocycles. The molecule has 10 nitrogen and oxygen atoms in total. The molecular formula is C24H30N4O6. The quantitative estimate of drug-likeness (QED) is 0.522. The number of benzene rings is 1. The van der Waals surface area contributed by atoms with Gasteiger partial charge in [-0.1, -0.05) is 13.0 Å². The summed E-state index contributed by atoms with van der Waals surface area (Å²) < 4.78 is 10.2. The Morgan fingerprint density at radius 2 is 2.06 bits per heavy atom. The minimum atomic E-state index is -0.962. The van der Waals surface area contributed by atoms with Gasteiger partial charge in [0.2, 0.25) is 11.8 Å². The monoisotopic (exact) mass is 470 g/mol. The van der Waals surface area contributed by atoms with Crippen molar-refractivity contribution in [1.29, 1.82) is 0 Å². The van der Waals surface area contributed by atoms with Crippen molar-refractivity contribution in [3.05, 3.63) is 30.0 Å². The van der Waals surface area contributed by atoms with E-state index in [2.05, 4.69) is 15.6 Å². The minimum absolute atomic E-state index is 0.107. The van der Waals surface area contributed by atoms with Crippen molar-refractivity contribution in [3.8, 4) is 5.75 Å². The summed E-state index contributed by atoms with van der Waals surface area (Å²) in [6.07, 6.45) is 1.22. The van der Waals surface area contributed by atoms with Gasteiger partial charge in [-0.25, -0.2) is 4.79 Å². The van der Waals surface area contributed by atoms with Gasteiger partial charge in [-0.3, -0.25) is 14.4 Å². The number of likely N-dealkylation sites (tertiary alicyclic amines) is 1. The second kappa shape index (κ2) is 9.74. The first-order chi connectivity index (χ1) is 16.3. The highest BCUT2D eigenvalue weighted by atomic mass is 16.5. The first kappa shape index (κ1) is 23.6. The molecule has 2 aliphatic rings. The lowest BCUT2D eigenvalue weighted by atomic mass is 9.98. The van der Waals surface area contributed by atoms with Crippen LogP contribution in [0, 0.1) is 11.8 Å². The Bertz CT molecular complexity index is 1110. The molecule has 4 atom stereocenters. The lowest BCUT2D eigenvalue weighted by Crippen LogP contribution is -2.51. The van der Waals surface area contributed by atoms with Crippen molar-refractivity contribution in [2.75, 3.05) is 27.3 Å². The van der Waals surface area contributed by atoms with Gasteiger partial charge in [-0.05, 0) is 43.4 Å². The molecule has 182 valence electrons. The van der Waals surface area contributed by atoms with E-state index in [9.17, 15) is 19.2 Å². The van der Waals surface area contributed by atoms with Gasteiger partial charge in [0.1, 0.15) is 23.5 Å². The van der Waals surface area contributed by atoms with E-state index in [0.29, 0.717) is 37.4 Å². The topological polar surface area (TPSA) is 130 Å². The molecule has 1 aromatic heterocycles. The van der Waals surface area contributed by atoms with E-state index in [1.807, 2.05) is 25.1 Å². The first-order valence-electron chi connectivity index (χ1n) is 11.4. The SMILES string of the molecule is COC(=O)[C@H](C[C@@H]1CCNC1=O)NC(=O)[C@@H]1C[C@@H](C)CN1C(=O)c1cc2c(OC)cccc2[nH]1.